The molecule has 18 heavy (non-hydrogen) atoms. The Labute approximate surface area is 106 Å². The second-order valence-electron chi connectivity index (χ2n) is 4.42. The molecule has 1 aliphatic rings. The maximum atomic E-state index is 11.0. The molecule has 0 fully saturated rings. The van der Waals surface area contributed by atoms with Gasteiger partial charge in [0.2, 0.25) is 0 Å². The molecule has 0 bridgehead atoms. The van der Waals surface area contributed by atoms with Crippen LogP contribution in [0, 0.1) is 0 Å². The van der Waals surface area contributed by atoms with E-state index in [0.717, 1.165) is 24.0 Å². The van der Waals surface area contributed by atoms with E-state index in [9.17, 15) is 9.90 Å². The minimum absolute atomic E-state index is 0.0738. The summed E-state index contributed by atoms with van der Waals surface area (Å²) in [6, 6.07) is 3.36. The summed E-state index contributed by atoms with van der Waals surface area (Å²) in [7, 11) is 1.34. The number of carbonyl (C=O) groups excluding carboxylic acids is 1. The Bertz CT molecular complexity index is 459. The van der Waals surface area contributed by atoms with E-state index in [0.29, 0.717) is 5.75 Å². The summed E-state index contributed by atoms with van der Waals surface area (Å²) < 4.78 is 10.1. The van der Waals surface area contributed by atoms with Crippen LogP contribution in [-0.2, 0) is 22.4 Å². The van der Waals surface area contributed by atoms with E-state index >= 15 is 0 Å². The summed E-state index contributed by atoms with van der Waals surface area (Å²) in [4.78, 5) is 11.0. The monoisotopic (exact) mass is 251 g/mol. The van der Waals surface area contributed by atoms with Gasteiger partial charge in [-0.1, -0.05) is 0 Å². The topological polar surface area (TPSA) is 81.8 Å². The molecule has 1 unspecified atom stereocenters. The molecule has 0 heterocycles. The lowest BCUT2D eigenvalue weighted by Gasteiger charge is -2.11. The highest BCUT2D eigenvalue weighted by atomic mass is 16.5. The summed E-state index contributed by atoms with van der Waals surface area (Å²) in [5.41, 5.74) is 7.95. The fourth-order valence-electron chi connectivity index (χ4n) is 2.19. The fourth-order valence-corrected chi connectivity index (χ4v) is 2.19. The molecule has 1 aromatic rings. The van der Waals surface area contributed by atoms with Gasteiger partial charge in [0.05, 0.1) is 20.1 Å². The molecule has 1 aliphatic carbocycles. The summed E-state index contributed by atoms with van der Waals surface area (Å²) in [6.07, 6.45) is 1.67. The molecule has 0 saturated carbocycles. The van der Waals surface area contributed by atoms with Crippen LogP contribution in [0.15, 0.2) is 12.1 Å². The Kier molecular flexibility index (Phi) is 3.72. The quantitative estimate of drug-likeness (QED) is 0.772. The van der Waals surface area contributed by atoms with E-state index in [1.165, 1.54) is 7.11 Å². The Morgan fingerprint density at radius 2 is 2.28 bits per heavy atom. The lowest BCUT2D eigenvalue weighted by atomic mass is 10.1. The van der Waals surface area contributed by atoms with Crippen molar-refractivity contribution in [1.82, 2.24) is 0 Å². The number of nitrogens with two attached hydrogens (primary N) is 1. The van der Waals surface area contributed by atoms with Crippen LogP contribution < -0.4 is 10.5 Å². The molecule has 1 aromatic carbocycles. The van der Waals surface area contributed by atoms with E-state index in [1.54, 1.807) is 12.1 Å². The van der Waals surface area contributed by atoms with E-state index < -0.39 is 0 Å². The third-order valence-electron chi connectivity index (χ3n) is 3.03. The highest BCUT2D eigenvalue weighted by Crippen LogP contribution is 2.34. The Hall–Kier alpha value is -1.75. The van der Waals surface area contributed by atoms with Crippen molar-refractivity contribution < 1.29 is 19.4 Å². The van der Waals surface area contributed by atoms with Gasteiger partial charge in [0.25, 0.3) is 0 Å². The minimum Gasteiger partial charge on any atom is -0.508 e. The first-order valence-corrected chi connectivity index (χ1v) is 5.90. The molecule has 98 valence electrons. The number of fused-ring (bicyclic) bond motifs is 1. The summed E-state index contributed by atoms with van der Waals surface area (Å²) in [5, 5.41) is 9.61. The Balaban J connectivity index is 2.07. The number of benzene rings is 1. The van der Waals surface area contributed by atoms with Crippen molar-refractivity contribution >= 4 is 5.97 Å². The van der Waals surface area contributed by atoms with Gasteiger partial charge >= 0.3 is 5.97 Å². The van der Waals surface area contributed by atoms with Gasteiger partial charge < -0.3 is 20.3 Å². The highest BCUT2D eigenvalue weighted by molar-refractivity contribution is 5.69. The van der Waals surface area contributed by atoms with Crippen LogP contribution in [0.1, 0.15) is 17.5 Å². The van der Waals surface area contributed by atoms with Crippen molar-refractivity contribution in [1.29, 1.82) is 0 Å². The average Bonchev–Trinajstić information content (AvgIpc) is 2.69. The maximum Gasteiger partial charge on any atom is 0.308 e. The van der Waals surface area contributed by atoms with Crippen LogP contribution in [0.3, 0.4) is 0 Å². The number of carbonyl (C=O) groups is 1. The van der Waals surface area contributed by atoms with Crippen molar-refractivity contribution in [3.05, 3.63) is 23.3 Å². The zero-order valence-corrected chi connectivity index (χ0v) is 10.3. The molecule has 1 atom stereocenters. The Morgan fingerprint density at radius 1 is 1.50 bits per heavy atom. The number of esters is 1. The molecular formula is C13H17NO4. The normalized spacial score (nSPS) is 17.3. The third-order valence-corrected chi connectivity index (χ3v) is 3.03. The number of hydrogen-bond donors (Lipinski definition) is 2. The van der Waals surface area contributed by atoms with E-state index in [-0.39, 0.29) is 30.8 Å². The average molecular weight is 251 g/mol. The molecule has 0 aromatic heterocycles. The van der Waals surface area contributed by atoms with Crippen LogP contribution in [0.2, 0.25) is 0 Å². The van der Waals surface area contributed by atoms with E-state index in [4.69, 9.17) is 10.5 Å². The molecular weight excluding hydrogens is 234 g/mol. The fraction of sp³-hybridized carbons (Fsp3) is 0.462. The predicted molar refractivity (Wildman–Crippen MR) is 65.6 cm³/mol. The number of aromatic hydroxyl groups is 1. The highest BCUT2D eigenvalue weighted by Gasteiger charge is 2.23. The van der Waals surface area contributed by atoms with Crippen LogP contribution >= 0.6 is 0 Å². The zero-order chi connectivity index (χ0) is 13.1. The second-order valence-corrected chi connectivity index (χ2v) is 4.42. The molecule has 5 heteroatoms. The van der Waals surface area contributed by atoms with Crippen LogP contribution in [0.4, 0.5) is 0 Å². The van der Waals surface area contributed by atoms with Gasteiger partial charge in [0.1, 0.15) is 11.5 Å². The van der Waals surface area contributed by atoms with Crippen molar-refractivity contribution in [3.63, 3.8) is 0 Å². The zero-order valence-electron chi connectivity index (χ0n) is 10.3. The third kappa shape index (κ3) is 2.73. The standard InChI is InChI=1S/C13H17NO4/c1-17-13(16)2-3-18-12-7-10(15)5-8-4-9(14)6-11(8)12/h5,7,9,15H,2-4,6,14H2,1H3. The van der Waals surface area contributed by atoms with Crippen LogP contribution in [-0.4, -0.2) is 30.8 Å². The van der Waals surface area contributed by atoms with Crippen molar-refractivity contribution in [2.45, 2.75) is 25.3 Å². The first kappa shape index (κ1) is 12.7. The Morgan fingerprint density at radius 3 is 3.00 bits per heavy atom. The van der Waals surface area contributed by atoms with Gasteiger partial charge in [0, 0.05) is 12.1 Å². The molecule has 3 N–H and O–H groups in total. The minimum atomic E-state index is -0.316. The van der Waals surface area contributed by atoms with Gasteiger partial charge in [-0.25, -0.2) is 0 Å². The number of hydrogen-bond acceptors (Lipinski definition) is 5. The SMILES string of the molecule is COC(=O)CCOc1cc(O)cc2c1CC(N)C2. The first-order chi connectivity index (χ1) is 8.60. The van der Waals surface area contributed by atoms with Crippen LogP contribution in [0.5, 0.6) is 11.5 Å². The predicted octanol–water partition coefficient (Wildman–Crippen LogP) is 0.760. The number of rotatable bonds is 4. The largest absolute Gasteiger partial charge is 0.508 e. The lowest BCUT2D eigenvalue weighted by Crippen LogP contribution is -2.19. The molecule has 0 saturated heterocycles. The molecule has 0 spiro atoms. The molecule has 0 radical (unpaired) electrons. The summed E-state index contributed by atoms with van der Waals surface area (Å²) in [6.45, 7) is 0.234. The number of ether oxygens (including phenoxy) is 2. The van der Waals surface area contributed by atoms with Gasteiger partial charge in [-0.3, -0.25) is 4.79 Å². The van der Waals surface area contributed by atoms with Gasteiger partial charge in [-0.05, 0) is 30.0 Å². The smallest absolute Gasteiger partial charge is 0.308 e. The first-order valence-electron chi connectivity index (χ1n) is 5.90. The second kappa shape index (κ2) is 5.27. The molecule has 5 nitrogen and oxygen atoms in total. The van der Waals surface area contributed by atoms with Gasteiger partial charge in [-0.2, -0.15) is 0 Å². The molecule has 0 amide bonds. The molecule has 0 aliphatic heterocycles. The molecule has 2 rings (SSSR count). The number of methoxy groups -OCH3 is 1. The van der Waals surface area contributed by atoms with E-state index in [1.807, 2.05) is 0 Å². The van der Waals surface area contributed by atoms with Crippen molar-refractivity contribution in [2.24, 2.45) is 5.73 Å². The van der Waals surface area contributed by atoms with Crippen molar-refractivity contribution in [2.75, 3.05) is 13.7 Å². The maximum absolute atomic E-state index is 11.0. The van der Waals surface area contributed by atoms with E-state index in [2.05, 4.69) is 4.74 Å². The number of phenols is 1. The lowest BCUT2D eigenvalue weighted by molar-refractivity contribution is -0.141. The van der Waals surface area contributed by atoms with Gasteiger partial charge in [0.15, 0.2) is 0 Å². The number of phenolic OH excluding ortho intramolecular Hbond substituents is 1. The summed E-state index contributed by atoms with van der Waals surface area (Å²) >= 11 is 0. The van der Waals surface area contributed by atoms with Crippen LogP contribution in [0.25, 0.3) is 0 Å². The summed E-state index contributed by atoms with van der Waals surface area (Å²) in [5.74, 6) is 0.460. The van der Waals surface area contributed by atoms with Gasteiger partial charge in [-0.15, -0.1) is 0 Å². The van der Waals surface area contributed by atoms with Crippen molar-refractivity contribution in [3.8, 4) is 11.5 Å².